The van der Waals surface area contributed by atoms with Crippen molar-refractivity contribution >= 4 is 42.6 Å². The van der Waals surface area contributed by atoms with Crippen LogP contribution in [-0.2, 0) is 29.1 Å². The van der Waals surface area contributed by atoms with Crippen molar-refractivity contribution in [3.63, 3.8) is 0 Å². The van der Waals surface area contributed by atoms with Gasteiger partial charge in [-0.05, 0) is 12.1 Å². The Kier molecular flexibility index (Phi) is 4.91. The summed E-state index contributed by atoms with van der Waals surface area (Å²) in [5.41, 5.74) is 0. The highest BCUT2D eigenvalue weighted by molar-refractivity contribution is 7.97. The molecular weight excluding hydrogens is 422 g/mol. The molecule has 3 aliphatic rings. The Morgan fingerprint density at radius 2 is 1.81 bits per heavy atom. The monoisotopic (exact) mass is 441 g/mol. The lowest BCUT2D eigenvalue weighted by atomic mass is 10.0. The van der Waals surface area contributed by atoms with Crippen LogP contribution >= 0.6 is 22.9 Å². The number of rotatable bonds is 3. The maximum absolute atomic E-state index is 13.0. The first-order valence-electron chi connectivity index (χ1n) is 8.42. The fraction of sp³-hybridized carbons (Fsp3) is 0.733. The minimum atomic E-state index is -3.76. The molecule has 4 rings (SSSR count). The van der Waals surface area contributed by atoms with Crippen molar-refractivity contribution < 1.29 is 26.3 Å². The smallest absolute Gasteiger partial charge is 0.193 e. The lowest BCUT2D eigenvalue weighted by Crippen LogP contribution is -2.53. The summed E-state index contributed by atoms with van der Waals surface area (Å²) in [5.74, 6) is -1.06. The zero-order valence-corrected chi connectivity index (χ0v) is 17.2. The van der Waals surface area contributed by atoms with Gasteiger partial charge in [0.2, 0.25) is 0 Å². The minimum absolute atomic E-state index is 0.130. The van der Waals surface area contributed by atoms with Crippen molar-refractivity contribution in [3.8, 4) is 0 Å². The van der Waals surface area contributed by atoms with E-state index in [9.17, 15) is 16.8 Å². The van der Waals surface area contributed by atoms with Gasteiger partial charge in [-0.1, -0.05) is 11.6 Å². The van der Waals surface area contributed by atoms with Crippen LogP contribution in [0, 0.1) is 0 Å². The first kappa shape index (κ1) is 19.1. The molecule has 1 spiro atoms. The quantitative estimate of drug-likeness (QED) is 0.695. The second-order valence-electron chi connectivity index (χ2n) is 6.93. The van der Waals surface area contributed by atoms with Crippen LogP contribution < -0.4 is 0 Å². The van der Waals surface area contributed by atoms with Gasteiger partial charge >= 0.3 is 0 Å². The summed E-state index contributed by atoms with van der Waals surface area (Å²) in [6.45, 7) is 2.23. The zero-order valence-electron chi connectivity index (χ0n) is 14.0. The van der Waals surface area contributed by atoms with E-state index in [1.54, 1.807) is 0 Å². The molecule has 3 saturated heterocycles. The molecular formula is C15H20ClNO6S3. The van der Waals surface area contributed by atoms with Crippen LogP contribution in [0.5, 0.6) is 0 Å². The molecule has 0 radical (unpaired) electrons. The molecule has 146 valence electrons. The van der Waals surface area contributed by atoms with E-state index < -0.39 is 36.8 Å². The van der Waals surface area contributed by atoms with Crippen molar-refractivity contribution in [3.05, 3.63) is 16.5 Å². The van der Waals surface area contributed by atoms with Crippen molar-refractivity contribution in [1.29, 1.82) is 0 Å². The second-order valence-corrected chi connectivity index (χ2v) is 13.2. The van der Waals surface area contributed by atoms with Gasteiger partial charge in [-0.3, -0.25) is 4.90 Å². The number of likely N-dealkylation sites (tertiary alicyclic amines) is 1. The van der Waals surface area contributed by atoms with Crippen LogP contribution in [0.1, 0.15) is 12.8 Å². The number of hydrogen-bond acceptors (Lipinski definition) is 8. The molecule has 26 heavy (non-hydrogen) atoms. The highest BCUT2D eigenvalue weighted by Crippen LogP contribution is 2.37. The largest absolute Gasteiger partial charge is 0.347 e. The number of sulfone groups is 2. The third-order valence-electron chi connectivity index (χ3n) is 5.34. The van der Waals surface area contributed by atoms with Crippen molar-refractivity contribution in [2.75, 3.05) is 37.8 Å². The lowest BCUT2D eigenvalue weighted by molar-refractivity contribution is -0.187. The van der Waals surface area contributed by atoms with E-state index in [1.165, 1.54) is 12.1 Å². The molecule has 7 nitrogen and oxygen atoms in total. The Hall–Kier alpha value is -0.230. The van der Waals surface area contributed by atoms with Gasteiger partial charge < -0.3 is 9.47 Å². The van der Waals surface area contributed by atoms with E-state index in [-0.39, 0.29) is 15.7 Å². The Morgan fingerprint density at radius 3 is 2.38 bits per heavy atom. The Balaban J connectivity index is 1.58. The van der Waals surface area contributed by atoms with Crippen LogP contribution in [0.25, 0.3) is 0 Å². The van der Waals surface area contributed by atoms with Crippen LogP contribution in [0.15, 0.2) is 16.3 Å². The fourth-order valence-electron chi connectivity index (χ4n) is 4.02. The maximum atomic E-state index is 13.0. The molecule has 0 unspecified atom stereocenters. The highest BCUT2D eigenvalue weighted by Gasteiger charge is 2.51. The van der Waals surface area contributed by atoms with Gasteiger partial charge in [0.1, 0.15) is 4.21 Å². The summed E-state index contributed by atoms with van der Waals surface area (Å²) < 4.78 is 62.5. The third kappa shape index (κ3) is 3.45. The van der Waals surface area contributed by atoms with Crippen molar-refractivity contribution in [1.82, 2.24) is 4.90 Å². The van der Waals surface area contributed by atoms with Crippen molar-refractivity contribution in [2.24, 2.45) is 0 Å². The molecule has 0 amide bonds. The SMILES string of the molecule is O=S1(=O)C[C@H](N2CCC3(CC2)OCCO3)[C@@H](S(=O)(=O)c2ccc(Cl)s2)C1. The zero-order chi connectivity index (χ0) is 18.6. The molecule has 0 saturated carbocycles. The van der Waals surface area contributed by atoms with Crippen LogP contribution in [0.2, 0.25) is 4.34 Å². The number of nitrogens with zero attached hydrogens (tertiary/aromatic N) is 1. The van der Waals surface area contributed by atoms with Gasteiger partial charge in [0.05, 0.1) is 34.3 Å². The van der Waals surface area contributed by atoms with E-state index in [4.69, 9.17) is 21.1 Å². The number of ether oxygens (including phenoxy) is 2. The Morgan fingerprint density at radius 1 is 1.15 bits per heavy atom. The molecule has 0 bridgehead atoms. The predicted molar refractivity (Wildman–Crippen MR) is 98.2 cm³/mol. The summed E-state index contributed by atoms with van der Waals surface area (Å²) in [5, 5.41) is -0.971. The first-order chi connectivity index (χ1) is 12.2. The number of piperidine rings is 1. The molecule has 3 aliphatic heterocycles. The average molecular weight is 442 g/mol. The Labute approximate surface area is 162 Å². The molecule has 2 atom stereocenters. The topological polar surface area (TPSA) is 90.0 Å². The fourth-order valence-corrected chi connectivity index (χ4v) is 10.6. The van der Waals surface area contributed by atoms with Gasteiger partial charge in [0.25, 0.3) is 0 Å². The van der Waals surface area contributed by atoms with E-state index in [0.717, 1.165) is 11.3 Å². The summed E-state index contributed by atoms with van der Waals surface area (Å²) in [4.78, 5) is 1.97. The summed E-state index contributed by atoms with van der Waals surface area (Å²) >= 11 is 6.85. The predicted octanol–water partition coefficient (Wildman–Crippen LogP) is 1.18. The standard InChI is InChI=1S/C15H20ClNO6S3/c16-13-1-2-14(24-13)26(20,21)12-10-25(18,19)9-11(12)17-5-3-15(4-6-17)22-7-8-23-15/h1-2,11-12H,3-10H2/t11-,12-/m0/s1. The van der Waals surface area contributed by atoms with Crippen molar-refractivity contribution in [2.45, 2.75) is 34.1 Å². The lowest BCUT2D eigenvalue weighted by Gasteiger charge is -2.41. The van der Waals surface area contributed by atoms with Gasteiger partial charge in [0.15, 0.2) is 25.5 Å². The van der Waals surface area contributed by atoms with E-state index in [1.807, 2.05) is 4.90 Å². The summed E-state index contributed by atoms with van der Waals surface area (Å²) in [7, 11) is -7.18. The molecule has 1 aromatic heterocycles. The number of thiophene rings is 1. The van der Waals surface area contributed by atoms with E-state index in [0.29, 0.717) is 43.5 Å². The molecule has 0 aromatic carbocycles. The molecule has 0 aliphatic carbocycles. The molecule has 11 heteroatoms. The molecule has 4 heterocycles. The highest BCUT2D eigenvalue weighted by atomic mass is 35.5. The third-order valence-corrected chi connectivity index (χ3v) is 11.2. The van der Waals surface area contributed by atoms with Gasteiger partial charge in [0, 0.05) is 32.0 Å². The Bertz CT molecular complexity index is 880. The van der Waals surface area contributed by atoms with Crippen LogP contribution in [-0.4, -0.2) is 76.6 Å². The normalized spacial score (nSPS) is 31.6. The number of halogens is 1. The van der Waals surface area contributed by atoms with Gasteiger partial charge in [-0.15, -0.1) is 11.3 Å². The van der Waals surface area contributed by atoms with Gasteiger partial charge in [-0.25, -0.2) is 16.8 Å². The molecule has 0 N–H and O–H groups in total. The van der Waals surface area contributed by atoms with Gasteiger partial charge in [-0.2, -0.15) is 0 Å². The summed E-state index contributed by atoms with van der Waals surface area (Å²) in [6, 6.07) is 2.43. The van der Waals surface area contributed by atoms with Crippen LogP contribution in [0.3, 0.4) is 0 Å². The van der Waals surface area contributed by atoms with E-state index in [2.05, 4.69) is 0 Å². The van der Waals surface area contributed by atoms with E-state index >= 15 is 0 Å². The minimum Gasteiger partial charge on any atom is -0.347 e. The first-order valence-corrected chi connectivity index (χ1v) is 13.0. The number of hydrogen-bond donors (Lipinski definition) is 0. The molecule has 3 fully saturated rings. The second kappa shape index (κ2) is 6.68. The molecule has 1 aromatic rings. The van der Waals surface area contributed by atoms with Crippen LogP contribution in [0.4, 0.5) is 0 Å². The maximum Gasteiger partial charge on any atom is 0.193 e. The average Bonchev–Trinajstić information content (AvgIpc) is 3.28. The summed E-state index contributed by atoms with van der Waals surface area (Å²) in [6.07, 6.45) is 1.22.